The van der Waals surface area contributed by atoms with Gasteiger partial charge in [0.2, 0.25) is 0 Å². The molecule has 1 N–H and O–H groups in total. The Kier molecular flexibility index (Phi) is 4.58. The molecular formula is C14H8BrClF2N2. The Morgan fingerprint density at radius 3 is 2.65 bits per heavy atom. The highest BCUT2D eigenvalue weighted by Gasteiger charge is 2.08. The predicted molar refractivity (Wildman–Crippen MR) is 77.6 cm³/mol. The van der Waals surface area contributed by atoms with Crippen molar-refractivity contribution in [1.82, 2.24) is 0 Å². The standard InChI is InChI=1S/C14H8BrClF2N2/c15-11-4-10(17)5-12(16)14(11)20-7-8-1-2-13(18)9(3-8)6-19/h1-5,20H,7H2. The van der Waals surface area contributed by atoms with Crippen LogP contribution >= 0.6 is 27.5 Å². The van der Waals surface area contributed by atoms with Crippen molar-refractivity contribution < 1.29 is 8.78 Å². The topological polar surface area (TPSA) is 35.8 Å². The second kappa shape index (κ2) is 6.21. The van der Waals surface area contributed by atoms with E-state index >= 15 is 0 Å². The molecule has 0 unspecified atom stereocenters. The molecule has 6 heteroatoms. The Bertz CT molecular complexity index is 675. The third-order valence-corrected chi connectivity index (χ3v) is 3.55. The van der Waals surface area contributed by atoms with E-state index in [-0.39, 0.29) is 10.6 Å². The average molecular weight is 358 g/mol. The molecule has 0 radical (unpaired) electrons. The molecule has 2 nitrogen and oxygen atoms in total. The number of rotatable bonds is 3. The van der Waals surface area contributed by atoms with Crippen LogP contribution in [-0.4, -0.2) is 0 Å². The van der Waals surface area contributed by atoms with Crippen LogP contribution < -0.4 is 5.32 Å². The number of halogens is 4. The molecule has 20 heavy (non-hydrogen) atoms. The number of nitrogens with one attached hydrogen (secondary N) is 1. The monoisotopic (exact) mass is 356 g/mol. The highest BCUT2D eigenvalue weighted by Crippen LogP contribution is 2.32. The van der Waals surface area contributed by atoms with Crippen molar-refractivity contribution >= 4 is 33.2 Å². The Morgan fingerprint density at radius 1 is 1.25 bits per heavy atom. The van der Waals surface area contributed by atoms with Gasteiger partial charge in [-0.25, -0.2) is 8.78 Å². The molecule has 2 rings (SSSR count). The number of nitriles is 1. The lowest BCUT2D eigenvalue weighted by molar-refractivity contribution is 0.623. The maximum absolute atomic E-state index is 13.2. The average Bonchev–Trinajstić information content (AvgIpc) is 2.39. The van der Waals surface area contributed by atoms with Crippen LogP contribution in [0.25, 0.3) is 0 Å². The van der Waals surface area contributed by atoms with Gasteiger partial charge in [-0.05, 0) is 45.8 Å². The van der Waals surface area contributed by atoms with Crippen molar-refractivity contribution in [2.24, 2.45) is 0 Å². The molecule has 0 aliphatic carbocycles. The smallest absolute Gasteiger partial charge is 0.140 e. The van der Waals surface area contributed by atoms with Gasteiger partial charge >= 0.3 is 0 Å². The van der Waals surface area contributed by atoms with Crippen LogP contribution in [0.3, 0.4) is 0 Å². The van der Waals surface area contributed by atoms with Gasteiger partial charge in [0.25, 0.3) is 0 Å². The summed E-state index contributed by atoms with van der Waals surface area (Å²) in [7, 11) is 0. The minimum absolute atomic E-state index is 0.0198. The zero-order chi connectivity index (χ0) is 14.7. The van der Waals surface area contributed by atoms with Crippen molar-refractivity contribution in [2.45, 2.75) is 6.54 Å². The maximum atomic E-state index is 13.2. The summed E-state index contributed by atoms with van der Waals surface area (Å²) < 4.78 is 26.8. The first-order valence-electron chi connectivity index (χ1n) is 5.58. The summed E-state index contributed by atoms with van der Waals surface area (Å²) in [5.74, 6) is -1.00. The number of anilines is 1. The molecular weight excluding hydrogens is 350 g/mol. The molecule has 0 spiro atoms. The molecule has 0 atom stereocenters. The van der Waals surface area contributed by atoms with Crippen molar-refractivity contribution in [1.29, 1.82) is 5.26 Å². The van der Waals surface area contributed by atoms with E-state index in [1.807, 2.05) is 0 Å². The normalized spacial score (nSPS) is 10.2. The zero-order valence-electron chi connectivity index (χ0n) is 10.1. The van der Waals surface area contributed by atoms with Gasteiger partial charge in [0.15, 0.2) is 0 Å². The fraction of sp³-hybridized carbons (Fsp3) is 0.0714. The number of nitrogens with zero attached hydrogens (tertiary/aromatic N) is 1. The molecule has 0 amide bonds. The predicted octanol–water partition coefficient (Wildman–Crippen LogP) is 4.86. The quantitative estimate of drug-likeness (QED) is 0.851. The highest BCUT2D eigenvalue weighted by molar-refractivity contribution is 9.10. The third-order valence-electron chi connectivity index (χ3n) is 2.63. The van der Waals surface area contributed by atoms with E-state index in [4.69, 9.17) is 16.9 Å². The van der Waals surface area contributed by atoms with E-state index in [2.05, 4.69) is 21.2 Å². The fourth-order valence-electron chi connectivity index (χ4n) is 1.67. The summed E-state index contributed by atoms with van der Waals surface area (Å²) >= 11 is 9.15. The van der Waals surface area contributed by atoms with E-state index in [9.17, 15) is 8.78 Å². The lowest BCUT2D eigenvalue weighted by atomic mass is 10.1. The van der Waals surface area contributed by atoms with Crippen LogP contribution in [0.5, 0.6) is 0 Å². The first-order valence-corrected chi connectivity index (χ1v) is 6.75. The largest absolute Gasteiger partial charge is 0.379 e. The molecule has 2 aromatic rings. The molecule has 0 saturated heterocycles. The third kappa shape index (κ3) is 3.27. The maximum Gasteiger partial charge on any atom is 0.140 e. The lowest BCUT2D eigenvalue weighted by Gasteiger charge is -2.11. The molecule has 0 aliphatic heterocycles. The van der Waals surface area contributed by atoms with Crippen molar-refractivity contribution in [3.8, 4) is 6.07 Å². The minimum atomic E-state index is -0.558. The van der Waals surface area contributed by atoms with Crippen molar-refractivity contribution in [3.05, 3.63) is 62.6 Å². The minimum Gasteiger partial charge on any atom is -0.379 e. The van der Waals surface area contributed by atoms with Crippen LogP contribution in [0.4, 0.5) is 14.5 Å². The van der Waals surface area contributed by atoms with Gasteiger partial charge < -0.3 is 5.32 Å². The Morgan fingerprint density at radius 2 is 2.00 bits per heavy atom. The number of hydrogen-bond acceptors (Lipinski definition) is 2. The summed E-state index contributed by atoms with van der Waals surface area (Å²) in [6.45, 7) is 0.332. The summed E-state index contributed by atoms with van der Waals surface area (Å²) in [6, 6.07) is 8.51. The second-order valence-corrected chi connectivity index (χ2v) is 5.29. The van der Waals surface area contributed by atoms with Crippen molar-refractivity contribution in [2.75, 3.05) is 5.32 Å². The second-order valence-electron chi connectivity index (χ2n) is 4.02. The molecule has 0 saturated carbocycles. The first kappa shape index (κ1) is 14.8. The molecule has 0 bridgehead atoms. The molecule has 102 valence electrons. The van der Waals surface area contributed by atoms with E-state index < -0.39 is 11.6 Å². The van der Waals surface area contributed by atoms with Crippen LogP contribution in [-0.2, 0) is 6.54 Å². The van der Waals surface area contributed by atoms with E-state index in [1.165, 1.54) is 24.3 Å². The van der Waals surface area contributed by atoms with Gasteiger partial charge in [-0.15, -0.1) is 0 Å². The van der Waals surface area contributed by atoms with Gasteiger partial charge in [-0.2, -0.15) is 5.26 Å². The Balaban J connectivity index is 2.20. The number of hydrogen-bond donors (Lipinski definition) is 1. The highest BCUT2D eigenvalue weighted by atomic mass is 79.9. The van der Waals surface area contributed by atoms with E-state index in [0.29, 0.717) is 16.7 Å². The summed E-state index contributed by atoms with van der Waals surface area (Å²) in [4.78, 5) is 0. The SMILES string of the molecule is N#Cc1cc(CNc2c(Cl)cc(F)cc2Br)ccc1F. The fourth-order valence-corrected chi connectivity index (χ4v) is 2.63. The van der Waals surface area contributed by atoms with Crippen LogP contribution in [0.2, 0.25) is 5.02 Å². The summed E-state index contributed by atoms with van der Waals surface area (Å²) in [5.41, 5.74) is 1.24. The summed E-state index contributed by atoms with van der Waals surface area (Å²) in [5, 5.41) is 12.0. The molecule has 0 heterocycles. The first-order chi connectivity index (χ1) is 9.51. The Labute approximate surface area is 128 Å². The lowest BCUT2D eigenvalue weighted by Crippen LogP contribution is -2.02. The van der Waals surface area contributed by atoms with Crippen molar-refractivity contribution in [3.63, 3.8) is 0 Å². The van der Waals surface area contributed by atoms with E-state index in [1.54, 1.807) is 12.1 Å². The molecule has 0 aromatic heterocycles. The molecule has 0 fully saturated rings. The van der Waals surface area contributed by atoms with Gasteiger partial charge in [0.1, 0.15) is 17.7 Å². The van der Waals surface area contributed by atoms with Crippen LogP contribution in [0.1, 0.15) is 11.1 Å². The zero-order valence-corrected chi connectivity index (χ0v) is 12.4. The van der Waals surface area contributed by atoms with Gasteiger partial charge in [0.05, 0.1) is 16.3 Å². The van der Waals surface area contributed by atoms with Gasteiger partial charge in [-0.3, -0.25) is 0 Å². The number of benzene rings is 2. The van der Waals surface area contributed by atoms with Gasteiger partial charge in [-0.1, -0.05) is 17.7 Å². The van der Waals surface area contributed by atoms with Gasteiger partial charge in [0, 0.05) is 11.0 Å². The Hall–Kier alpha value is -1.64. The molecule has 0 aliphatic rings. The van der Waals surface area contributed by atoms with Crippen LogP contribution in [0, 0.1) is 23.0 Å². The summed E-state index contributed by atoms with van der Waals surface area (Å²) in [6.07, 6.45) is 0. The molecule has 2 aromatic carbocycles. The van der Waals surface area contributed by atoms with E-state index in [0.717, 1.165) is 5.56 Å². The van der Waals surface area contributed by atoms with Crippen LogP contribution in [0.15, 0.2) is 34.8 Å².